The first kappa shape index (κ1) is 22.3. The highest BCUT2D eigenvalue weighted by atomic mass is 32.2. The number of nitrogens with zero attached hydrogens (tertiary/aromatic N) is 2. The number of pyridine rings is 1. The summed E-state index contributed by atoms with van der Waals surface area (Å²) in [7, 11) is -3.05. The molecule has 8 nitrogen and oxygen atoms in total. The molecule has 0 radical (unpaired) electrons. The number of fused-ring (bicyclic) bond motifs is 1. The fourth-order valence-corrected chi connectivity index (χ4v) is 6.22. The summed E-state index contributed by atoms with van der Waals surface area (Å²) in [6.45, 7) is 3.21. The van der Waals surface area contributed by atoms with Crippen molar-refractivity contribution in [3.05, 3.63) is 69.1 Å². The van der Waals surface area contributed by atoms with Gasteiger partial charge in [0, 0.05) is 26.2 Å². The molecule has 32 heavy (non-hydrogen) atoms. The number of carbonyl (C=O) groups excluding carboxylic acids is 2. The molecule has 3 heterocycles. The summed E-state index contributed by atoms with van der Waals surface area (Å²) >= 11 is 0. The number of benzene rings is 1. The standard InChI is InChI=1S/C23H27N3O5S/c1-16-4-6-17(7-5-16)15-24-21(27)19-8-9-20-23(29)25(12-13-26(20)22(19)28)11-10-18-3-2-14-32(18,30)31/h4-9,18H,2-3,10-15H2,1H3,(H,24,27). The van der Waals surface area contributed by atoms with Gasteiger partial charge in [-0.25, -0.2) is 8.42 Å². The monoisotopic (exact) mass is 457 g/mol. The zero-order valence-corrected chi connectivity index (χ0v) is 18.9. The van der Waals surface area contributed by atoms with Crippen LogP contribution in [0.15, 0.2) is 41.2 Å². The van der Waals surface area contributed by atoms with Gasteiger partial charge in [-0.05, 0) is 43.9 Å². The molecule has 1 saturated heterocycles. The molecule has 1 aromatic heterocycles. The molecule has 2 aliphatic heterocycles. The Morgan fingerprint density at radius 3 is 2.53 bits per heavy atom. The summed E-state index contributed by atoms with van der Waals surface area (Å²) in [6, 6.07) is 10.6. The highest BCUT2D eigenvalue weighted by Gasteiger charge is 2.33. The smallest absolute Gasteiger partial charge is 0.270 e. The van der Waals surface area contributed by atoms with Crippen LogP contribution >= 0.6 is 0 Å². The first-order valence-corrected chi connectivity index (χ1v) is 12.6. The third-order valence-electron chi connectivity index (χ3n) is 6.28. The van der Waals surface area contributed by atoms with Gasteiger partial charge in [-0.2, -0.15) is 0 Å². The van der Waals surface area contributed by atoms with E-state index in [1.165, 1.54) is 16.7 Å². The maximum absolute atomic E-state index is 12.9. The van der Waals surface area contributed by atoms with Crippen LogP contribution in [0.1, 0.15) is 51.2 Å². The summed E-state index contributed by atoms with van der Waals surface area (Å²) in [5.41, 5.74) is 1.79. The molecule has 4 rings (SSSR count). The van der Waals surface area contributed by atoms with Crippen LogP contribution in [0.3, 0.4) is 0 Å². The van der Waals surface area contributed by atoms with Crippen molar-refractivity contribution in [1.29, 1.82) is 0 Å². The van der Waals surface area contributed by atoms with E-state index in [4.69, 9.17) is 0 Å². The van der Waals surface area contributed by atoms with Crippen LogP contribution in [0.2, 0.25) is 0 Å². The Hall–Kier alpha value is -2.94. The van der Waals surface area contributed by atoms with Crippen molar-refractivity contribution in [2.45, 2.75) is 44.5 Å². The van der Waals surface area contributed by atoms with E-state index in [1.54, 1.807) is 4.90 Å². The lowest BCUT2D eigenvalue weighted by atomic mass is 10.1. The van der Waals surface area contributed by atoms with E-state index in [0.29, 0.717) is 38.9 Å². The van der Waals surface area contributed by atoms with Crippen LogP contribution in [0.25, 0.3) is 0 Å². The van der Waals surface area contributed by atoms with Crippen molar-refractivity contribution in [3.63, 3.8) is 0 Å². The summed E-state index contributed by atoms with van der Waals surface area (Å²) in [6.07, 6.45) is 1.73. The average Bonchev–Trinajstić information content (AvgIpc) is 3.11. The molecule has 1 unspecified atom stereocenters. The minimum Gasteiger partial charge on any atom is -0.348 e. The van der Waals surface area contributed by atoms with Gasteiger partial charge in [-0.1, -0.05) is 29.8 Å². The Morgan fingerprint density at radius 1 is 1.09 bits per heavy atom. The molecular weight excluding hydrogens is 430 g/mol. The third-order valence-corrected chi connectivity index (χ3v) is 8.62. The first-order chi connectivity index (χ1) is 15.3. The van der Waals surface area contributed by atoms with Gasteiger partial charge in [-0.15, -0.1) is 0 Å². The van der Waals surface area contributed by atoms with Gasteiger partial charge < -0.3 is 14.8 Å². The Balaban J connectivity index is 1.43. The van der Waals surface area contributed by atoms with Gasteiger partial charge >= 0.3 is 0 Å². The predicted molar refractivity (Wildman–Crippen MR) is 120 cm³/mol. The van der Waals surface area contributed by atoms with E-state index < -0.39 is 21.3 Å². The van der Waals surface area contributed by atoms with Crippen LogP contribution in [0.5, 0.6) is 0 Å². The van der Waals surface area contributed by atoms with Gasteiger partial charge in [0.15, 0.2) is 9.84 Å². The van der Waals surface area contributed by atoms with E-state index in [-0.39, 0.29) is 34.7 Å². The maximum atomic E-state index is 12.9. The Kier molecular flexibility index (Phi) is 6.19. The first-order valence-electron chi connectivity index (χ1n) is 10.8. The minimum absolute atomic E-state index is 0.000777. The molecule has 0 spiro atoms. The maximum Gasteiger partial charge on any atom is 0.270 e. The van der Waals surface area contributed by atoms with E-state index >= 15 is 0 Å². The number of amides is 2. The Morgan fingerprint density at radius 2 is 1.84 bits per heavy atom. The van der Waals surface area contributed by atoms with Crippen molar-refractivity contribution in [1.82, 2.24) is 14.8 Å². The highest BCUT2D eigenvalue weighted by molar-refractivity contribution is 7.92. The lowest BCUT2D eigenvalue weighted by Crippen LogP contribution is -2.46. The van der Waals surface area contributed by atoms with Crippen molar-refractivity contribution in [2.75, 3.05) is 18.8 Å². The zero-order chi connectivity index (χ0) is 22.9. The number of rotatable bonds is 6. The van der Waals surface area contributed by atoms with E-state index in [2.05, 4.69) is 5.32 Å². The summed E-state index contributed by atoms with van der Waals surface area (Å²) < 4.78 is 25.4. The normalized spacial score (nSPS) is 19.6. The molecular formula is C23H27N3O5S. The van der Waals surface area contributed by atoms with Crippen molar-refractivity contribution in [2.24, 2.45) is 0 Å². The molecule has 2 aromatic rings. The summed E-state index contributed by atoms with van der Waals surface area (Å²) in [5, 5.41) is 2.37. The molecule has 0 aliphatic carbocycles. The fourth-order valence-electron chi connectivity index (χ4n) is 4.32. The van der Waals surface area contributed by atoms with Crippen molar-refractivity contribution >= 4 is 21.7 Å². The molecule has 1 atom stereocenters. The number of nitrogens with one attached hydrogen (secondary N) is 1. The molecule has 2 aliphatic rings. The quantitative estimate of drug-likeness (QED) is 0.708. The predicted octanol–water partition coefficient (Wildman–Crippen LogP) is 1.51. The average molecular weight is 458 g/mol. The molecule has 1 aromatic carbocycles. The summed E-state index contributed by atoms with van der Waals surface area (Å²) in [5.74, 6) is -0.568. The third kappa shape index (κ3) is 4.48. The largest absolute Gasteiger partial charge is 0.348 e. The summed E-state index contributed by atoms with van der Waals surface area (Å²) in [4.78, 5) is 39.9. The van der Waals surface area contributed by atoms with Gasteiger partial charge in [0.1, 0.15) is 11.3 Å². The second kappa shape index (κ2) is 8.90. The molecule has 0 bridgehead atoms. The number of sulfone groups is 1. The number of hydrogen-bond acceptors (Lipinski definition) is 5. The molecule has 0 saturated carbocycles. The topological polar surface area (TPSA) is 106 Å². The lowest BCUT2D eigenvalue weighted by Gasteiger charge is -2.30. The Labute approximate surface area is 187 Å². The van der Waals surface area contributed by atoms with Crippen LogP contribution in [-0.2, 0) is 22.9 Å². The van der Waals surface area contributed by atoms with Crippen molar-refractivity contribution in [3.8, 4) is 0 Å². The van der Waals surface area contributed by atoms with Crippen LogP contribution in [0, 0.1) is 6.92 Å². The second-order valence-electron chi connectivity index (χ2n) is 8.47. The molecule has 2 amide bonds. The van der Waals surface area contributed by atoms with E-state index in [9.17, 15) is 22.8 Å². The van der Waals surface area contributed by atoms with E-state index in [0.717, 1.165) is 11.1 Å². The van der Waals surface area contributed by atoms with Crippen molar-refractivity contribution < 1.29 is 18.0 Å². The van der Waals surface area contributed by atoms with Crippen LogP contribution in [0.4, 0.5) is 0 Å². The number of carbonyl (C=O) groups is 2. The molecule has 9 heteroatoms. The van der Waals surface area contributed by atoms with Gasteiger partial charge in [0.25, 0.3) is 17.4 Å². The zero-order valence-electron chi connectivity index (χ0n) is 18.0. The number of aromatic nitrogens is 1. The molecule has 170 valence electrons. The number of hydrogen-bond donors (Lipinski definition) is 1. The molecule has 1 N–H and O–H groups in total. The van der Waals surface area contributed by atoms with Crippen LogP contribution < -0.4 is 10.9 Å². The van der Waals surface area contributed by atoms with Gasteiger partial charge in [-0.3, -0.25) is 14.4 Å². The van der Waals surface area contributed by atoms with Gasteiger partial charge in [0.05, 0.1) is 11.0 Å². The molecule has 1 fully saturated rings. The minimum atomic E-state index is -3.05. The number of aryl methyl sites for hydroxylation is 1. The SMILES string of the molecule is Cc1ccc(CNC(=O)c2ccc3n(c2=O)CCN(CCC2CCCS2(=O)=O)C3=O)cc1. The van der Waals surface area contributed by atoms with Crippen LogP contribution in [-0.4, -0.2) is 53.8 Å². The lowest BCUT2D eigenvalue weighted by molar-refractivity contribution is 0.0696. The van der Waals surface area contributed by atoms with E-state index in [1.807, 2.05) is 31.2 Å². The Bertz CT molecular complexity index is 1200. The van der Waals surface area contributed by atoms with Gasteiger partial charge in [0.2, 0.25) is 0 Å². The highest BCUT2D eigenvalue weighted by Crippen LogP contribution is 2.23. The fraction of sp³-hybridized carbons (Fsp3) is 0.435. The second-order valence-corrected chi connectivity index (χ2v) is 10.9.